The molecule has 1 aliphatic rings. The first-order valence-electron chi connectivity index (χ1n) is 10.8. The Bertz CT molecular complexity index is 1040. The number of hydrogen-bond acceptors (Lipinski definition) is 3. The van der Waals surface area contributed by atoms with E-state index >= 15 is 0 Å². The van der Waals surface area contributed by atoms with Crippen LogP contribution in [0.2, 0.25) is 0 Å². The molecular weight excluding hydrogens is 391 g/mol. The summed E-state index contributed by atoms with van der Waals surface area (Å²) >= 11 is 0. The third-order valence-electron chi connectivity index (χ3n) is 6.07. The average molecular weight is 421 g/mol. The molecule has 6 heteroatoms. The highest BCUT2D eigenvalue weighted by Crippen LogP contribution is 2.35. The average Bonchev–Trinajstić information content (AvgIpc) is 3.54. The summed E-state index contributed by atoms with van der Waals surface area (Å²) in [4.78, 5) is 15.4. The quantitative estimate of drug-likeness (QED) is 0.592. The maximum atomic E-state index is 13.3. The lowest BCUT2D eigenvalue weighted by Crippen LogP contribution is -2.43. The largest absolute Gasteiger partial charge is 0.350 e. The molecule has 0 radical (unpaired) electrons. The van der Waals surface area contributed by atoms with Gasteiger partial charge in [-0.15, -0.1) is 0 Å². The van der Waals surface area contributed by atoms with Gasteiger partial charge in [0.05, 0.1) is 22.6 Å². The van der Waals surface area contributed by atoms with Crippen molar-refractivity contribution >= 4 is 5.91 Å². The highest BCUT2D eigenvalue weighted by molar-refractivity contribution is 5.96. The molecule has 1 heterocycles. The Balaban J connectivity index is 1.45. The minimum Gasteiger partial charge on any atom is -0.350 e. The van der Waals surface area contributed by atoms with Gasteiger partial charge in [-0.05, 0) is 69.5 Å². The van der Waals surface area contributed by atoms with Crippen molar-refractivity contribution in [1.29, 1.82) is 0 Å². The number of halogens is 1. The Labute approximate surface area is 182 Å². The molecule has 0 unspecified atom stereocenters. The van der Waals surface area contributed by atoms with Crippen molar-refractivity contribution in [3.05, 3.63) is 82.9 Å². The summed E-state index contributed by atoms with van der Waals surface area (Å²) in [5, 5.41) is 7.67. The highest BCUT2D eigenvalue weighted by Gasteiger charge is 2.34. The highest BCUT2D eigenvalue weighted by atomic mass is 19.1. The second-order valence-electron chi connectivity index (χ2n) is 8.45. The summed E-state index contributed by atoms with van der Waals surface area (Å²) in [5.74, 6) is 0.217. The van der Waals surface area contributed by atoms with E-state index in [1.54, 1.807) is 16.8 Å². The van der Waals surface area contributed by atoms with Crippen molar-refractivity contribution in [2.45, 2.75) is 39.3 Å². The van der Waals surface area contributed by atoms with Crippen LogP contribution in [-0.4, -0.2) is 40.2 Å². The fraction of sp³-hybridized carbons (Fsp3) is 0.360. The summed E-state index contributed by atoms with van der Waals surface area (Å²) < 4.78 is 15.0. The maximum Gasteiger partial charge on any atom is 0.255 e. The topological polar surface area (TPSA) is 50.2 Å². The molecule has 1 atom stereocenters. The van der Waals surface area contributed by atoms with E-state index in [2.05, 4.69) is 46.6 Å². The van der Waals surface area contributed by atoms with E-state index in [0.717, 1.165) is 17.9 Å². The van der Waals surface area contributed by atoms with Crippen molar-refractivity contribution < 1.29 is 9.18 Å². The molecule has 31 heavy (non-hydrogen) atoms. The normalized spacial score (nSPS) is 14.6. The SMILES string of the molecule is Cc1nn(-c2ccc(F)cc2)c(C)c1C(=O)NC[C@@H](C1CC1)N(C)Cc1ccccc1. The van der Waals surface area contributed by atoms with E-state index in [1.807, 2.05) is 19.9 Å². The van der Waals surface area contributed by atoms with Crippen molar-refractivity contribution in [3.8, 4) is 5.69 Å². The zero-order chi connectivity index (χ0) is 22.0. The van der Waals surface area contributed by atoms with Gasteiger partial charge in [0.2, 0.25) is 0 Å². The molecule has 3 aromatic rings. The van der Waals surface area contributed by atoms with Crippen LogP contribution >= 0.6 is 0 Å². The minimum absolute atomic E-state index is 0.109. The van der Waals surface area contributed by atoms with Gasteiger partial charge in [0.25, 0.3) is 5.91 Å². The van der Waals surface area contributed by atoms with Crippen LogP contribution in [0.1, 0.15) is 40.2 Å². The number of hydrogen-bond donors (Lipinski definition) is 1. The van der Waals surface area contributed by atoms with E-state index in [4.69, 9.17) is 0 Å². The number of nitrogens with zero attached hydrogens (tertiary/aromatic N) is 3. The van der Waals surface area contributed by atoms with Crippen molar-refractivity contribution in [2.24, 2.45) is 5.92 Å². The monoisotopic (exact) mass is 420 g/mol. The molecule has 0 saturated heterocycles. The Morgan fingerprint density at radius 3 is 2.48 bits per heavy atom. The van der Waals surface area contributed by atoms with Gasteiger partial charge in [0, 0.05) is 19.1 Å². The summed E-state index contributed by atoms with van der Waals surface area (Å²) in [6.45, 7) is 5.17. The van der Waals surface area contributed by atoms with Gasteiger partial charge >= 0.3 is 0 Å². The fourth-order valence-electron chi connectivity index (χ4n) is 4.24. The molecule has 1 aliphatic carbocycles. The van der Waals surface area contributed by atoms with Crippen LogP contribution < -0.4 is 5.32 Å². The predicted octanol–water partition coefficient (Wildman–Crippen LogP) is 4.27. The molecule has 0 aliphatic heterocycles. The van der Waals surface area contributed by atoms with Gasteiger partial charge in [-0.25, -0.2) is 9.07 Å². The van der Waals surface area contributed by atoms with Crippen LogP contribution in [-0.2, 0) is 6.54 Å². The third kappa shape index (κ3) is 4.85. The molecule has 1 aromatic heterocycles. The van der Waals surface area contributed by atoms with Crippen molar-refractivity contribution in [2.75, 3.05) is 13.6 Å². The smallest absolute Gasteiger partial charge is 0.255 e. The minimum atomic E-state index is -0.297. The molecule has 162 valence electrons. The maximum absolute atomic E-state index is 13.3. The summed E-state index contributed by atoms with van der Waals surface area (Å²) in [7, 11) is 2.13. The van der Waals surface area contributed by atoms with Crippen LogP contribution in [0.3, 0.4) is 0 Å². The lowest BCUT2D eigenvalue weighted by molar-refractivity contribution is 0.0931. The first-order valence-corrected chi connectivity index (χ1v) is 10.8. The van der Waals surface area contributed by atoms with Gasteiger partial charge in [-0.1, -0.05) is 30.3 Å². The predicted molar refractivity (Wildman–Crippen MR) is 120 cm³/mol. The third-order valence-corrected chi connectivity index (χ3v) is 6.07. The second kappa shape index (κ2) is 9.02. The Morgan fingerprint density at radius 2 is 1.84 bits per heavy atom. The molecule has 0 bridgehead atoms. The van der Waals surface area contributed by atoms with E-state index in [1.165, 1.54) is 30.5 Å². The molecule has 5 nitrogen and oxygen atoms in total. The first-order chi connectivity index (χ1) is 14.9. The Morgan fingerprint density at radius 1 is 1.16 bits per heavy atom. The first kappa shape index (κ1) is 21.2. The van der Waals surface area contributed by atoms with E-state index < -0.39 is 0 Å². The lowest BCUT2D eigenvalue weighted by Gasteiger charge is -2.28. The number of carbonyl (C=O) groups is 1. The number of benzene rings is 2. The number of amides is 1. The molecule has 1 saturated carbocycles. The number of aryl methyl sites for hydroxylation is 1. The molecule has 1 N–H and O–H groups in total. The lowest BCUT2D eigenvalue weighted by atomic mass is 10.1. The Kier molecular flexibility index (Phi) is 6.18. The van der Waals surface area contributed by atoms with E-state index in [0.29, 0.717) is 29.8 Å². The van der Waals surface area contributed by atoms with Crippen molar-refractivity contribution in [3.63, 3.8) is 0 Å². The standard InChI is InChI=1S/C25H29FN4O/c1-17-24(18(2)30(28-17)22-13-11-21(26)12-14-22)25(31)27-15-23(20-9-10-20)29(3)16-19-7-5-4-6-8-19/h4-8,11-14,20,23H,9-10,15-16H2,1-3H3,(H,27,31)/t23-/m0/s1. The van der Waals surface area contributed by atoms with Crippen molar-refractivity contribution in [1.82, 2.24) is 20.0 Å². The molecule has 4 rings (SSSR count). The molecule has 1 amide bonds. The van der Waals surface area contributed by atoms with Gasteiger partial charge in [-0.2, -0.15) is 5.10 Å². The fourth-order valence-corrected chi connectivity index (χ4v) is 4.24. The van der Waals surface area contributed by atoms with E-state index in [-0.39, 0.29) is 11.7 Å². The second-order valence-corrected chi connectivity index (χ2v) is 8.45. The summed E-state index contributed by atoms with van der Waals surface area (Å²) in [6.07, 6.45) is 2.42. The summed E-state index contributed by atoms with van der Waals surface area (Å²) in [5.41, 5.74) is 4.01. The number of carbonyl (C=O) groups excluding carboxylic acids is 1. The molecule has 1 fully saturated rings. The van der Waals surface area contributed by atoms with Crippen LogP contribution in [0.4, 0.5) is 4.39 Å². The van der Waals surface area contributed by atoms with Gasteiger partial charge < -0.3 is 5.32 Å². The summed E-state index contributed by atoms with van der Waals surface area (Å²) in [6, 6.07) is 16.8. The number of aromatic nitrogens is 2. The van der Waals surface area contributed by atoms with Crippen LogP contribution in [0, 0.1) is 25.6 Å². The molecular formula is C25H29FN4O. The number of nitrogens with one attached hydrogen (secondary N) is 1. The molecule has 2 aromatic carbocycles. The van der Waals surface area contributed by atoms with Crippen LogP contribution in [0.25, 0.3) is 5.69 Å². The van der Waals surface area contributed by atoms with Gasteiger partial charge in [0.15, 0.2) is 0 Å². The van der Waals surface area contributed by atoms with Crippen LogP contribution in [0.15, 0.2) is 54.6 Å². The number of rotatable bonds is 8. The van der Waals surface area contributed by atoms with Gasteiger partial charge in [-0.3, -0.25) is 9.69 Å². The zero-order valence-electron chi connectivity index (χ0n) is 18.3. The molecule has 0 spiro atoms. The van der Waals surface area contributed by atoms with E-state index in [9.17, 15) is 9.18 Å². The van der Waals surface area contributed by atoms with Crippen LogP contribution in [0.5, 0.6) is 0 Å². The zero-order valence-corrected chi connectivity index (χ0v) is 18.3. The number of likely N-dealkylation sites (N-methyl/N-ethyl adjacent to an activating group) is 1. The van der Waals surface area contributed by atoms with Gasteiger partial charge in [0.1, 0.15) is 5.82 Å². The Hall–Kier alpha value is -2.99.